The van der Waals surface area contributed by atoms with E-state index in [1.165, 1.54) is 32.1 Å². The van der Waals surface area contributed by atoms with E-state index in [4.69, 9.17) is 11.6 Å². The molecular formula is C14H16ClN3. The molecule has 1 fully saturated rings. The molecule has 0 bridgehead atoms. The first kappa shape index (κ1) is 11.7. The van der Waals surface area contributed by atoms with E-state index in [1.807, 2.05) is 24.3 Å². The molecule has 1 aliphatic carbocycles. The lowest BCUT2D eigenvalue weighted by Gasteiger charge is -2.18. The number of hydrogen-bond acceptors (Lipinski definition) is 2. The van der Waals surface area contributed by atoms with Crippen LogP contribution in [0.4, 0.5) is 0 Å². The summed E-state index contributed by atoms with van der Waals surface area (Å²) in [6.07, 6.45) is 6.38. The van der Waals surface area contributed by atoms with E-state index in [2.05, 4.69) is 15.2 Å². The lowest BCUT2D eigenvalue weighted by molar-refractivity contribution is 0.429. The second kappa shape index (κ2) is 5.11. The van der Waals surface area contributed by atoms with Gasteiger partial charge in [-0.15, -0.1) is 0 Å². The minimum Gasteiger partial charge on any atom is -0.262 e. The average Bonchev–Trinajstić information content (AvgIpc) is 2.90. The Morgan fingerprint density at radius 3 is 2.67 bits per heavy atom. The zero-order valence-electron chi connectivity index (χ0n) is 10.2. The fraction of sp³-hybridized carbons (Fsp3) is 0.429. The summed E-state index contributed by atoms with van der Waals surface area (Å²) in [7, 11) is 0. The molecule has 1 aromatic carbocycles. The van der Waals surface area contributed by atoms with E-state index in [-0.39, 0.29) is 0 Å². The van der Waals surface area contributed by atoms with Crippen LogP contribution in [0, 0.1) is 0 Å². The highest BCUT2D eigenvalue weighted by molar-refractivity contribution is 6.33. The summed E-state index contributed by atoms with van der Waals surface area (Å²) in [6.45, 7) is 0. The second-order valence-corrected chi connectivity index (χ2v) is 5.27. The summed E-state index contributed by atoms with van der Waals surface area (Å²) in [4.78, 5) is 4.61. The third-order valence-corrected chi connectivity index (χ3v) is 3.94. The average molecular weight is 262 g/mol. The van der Waals surface area contributed by atoms with E-state index in [9.17, 15) is 0 Å². The van der Waals surface area contributed by atoms with Crippen molar-refractivity contribution < 1.29 is 0 Å². The number of nitrogens with one attached hydrogen (secondary N) is 1. The fourth-order valence-corrected chi connectivity index (χ4v) is 2.82. The highest BCUT2D eigenvalue weighted by Crippen LogP contribution is 2.32. The van der Waals surface area contributed by atoms with Crippen molar-refractivity contribution in [2.75, 3.05) is 0 Å². The van der Waals surface area contributed by atoms with Gasteiger partial charge < -0.3 is 0 Å². The van der Waals surface area contributed by atoms with Crippen molar-refractivity contribution >= 4 is 11.6 Å². The van der Waals surface area contributed by atoms with Gasteiger partial charge >= 0.3 is 0 Å². The molecule has 18 heavy (non-hydrogen) atoms. The number of rotatable bonds is 2. The van der Waals surface area contributed by atoms with Gasteiger partial charge in [-0.2, -0.15) is 5.10 Å². The molecule has 1 saturated carbocycles. The summed E-state index contributed by atoms with van der Waals surface area (Å²) in [5.74, 6) is 2.27. The Balaban J connectivity index is 1.87. The lowest BCUT2D eigenvalue weighted by atomic mass is 9.89. The van der Waals surface area contributed by atoms with Gasteiger partial charge in [0.25, 0.3) is 0 Å². The zero-order valence-corrected chi connectivity index (χ0v) is 11.0. The monoisotopic (exact) mass is 261 g/mol. The molecule has 0 aliphatic heterocycles. The van der Waals surface area contributed by atoms with E-state index in [0.29, 0.717) is 16.8 Å². The highest BCUT2D eigenvalue weighted by Gasteiger charge is 2.19. The Morgan fingerprint density at radius 2 is 1.89 bits per heavy atom. The van der Waals surface area contributed by atoms with E-state index in [0.717, 1.165) is 11.4 Å². The number of aromatic amines is 1. The van der Waals surface area contributed by atoms with Crippen LogP contribution in [0.15, 0.2) is 24.3 Å². The van der Waals surface area contributed by atoms with Gasteiger partial charge in [-0.05, 0) is 25.0 Å². The quantitative estimate of drug-likeness (QED) is 0.881. The molecule has 3 rings (SSSR count). The molecule has 0 atom stereocenters. The van der Waals surface area contributed by atoms with E-state index < -0.39 is 0 Å². The van der Waals surface area contributed by atoms with Gasteiger partial charge in [-0.3, -0.25) is 5.10 Å². The van der Waals surface area contributed by atoms with Gasteiger partial charge in [0.1, 0.15) is 5.82 Å². The molecule has 94 valence electrons. The smallest absolute Gasteiger partial charge is 0.182 e. The zero-order chi connectivity index (χ0) is 12.4. The molecule has 0 saturated heterocycles. The van der Waals surface area contributed by atoms with Crippen molar-refractivity contribution in [2.24, 2.45) is 0 Å². The van der Waals surface area contributed by atoms with Crippen molar-refractivity contribution in [3.05, 3.63) is 35.1 Å². The number of halogens is 1. The summed E-state index contributed by atoms with van der Waals surface area (Å²) >= 11 is 6.16. The normalized spacial score (nSPS) is 16.9. The van der Waals surface area contributed by atoms with Gasteiger partial charge in [0.2, 0.25) is 0 Å². The number of benzene rings is 1. The summed E-state index contributed by atoms with van der Waals surface area (Å²) in [5, 5.41) is 8.08. The van der Waals surface area contributed by atoms with Crippen LogP contribution >= 0.6 is 11.6 Å². The Hall–Kier alpha value is -1.35. The van der Waals surface area contributed by atoms with Crippen LogP contribution in [0.3, 0.4) is 0 Å². The number of nitrogens with zero attached hydrogens (tertiary/aromatic N) is 2. The van der Waals surface area contributed by atoms with Crippen LogP contribution < -0.4 is 0 Å². The summed E-state index contributed by atoms with van der Waals surface area (Å²) < 4.78 is 0. The first-order chi connectivity index (χ1) is 8.84. The van der Waals surface area contributed by atoms with Crippen molar-refractivity contribution in [1.29, 1.82) is 0 Å². The van der Waals surface area contributed by atoms with Crippen LogP contribution in [0.5, 0.6) is 0 Å². The highest BCUT2D eigenvalue weighted by atomic mass is 35.5. The lowest BCUT2D eigenvalue weighted by Crippen LogP contribution is -2.06. The van der Waals surface area contributed by atoms with Gasteiger partial charge in [0.05, 0.1) is 5.02 Å². The predicted octanol–water partition coefficient (Wildman–Crippen LogP) is 4.17. The molecule has 2 aromatic rings. The minimum absolute atomic E-state index is 0.544. The van der Waals surface area contributed by atoms with Gasteiger partial charge in [0.15, 0.2) is 5.82 Å². The summed E-state index contributed by atoms with van der Waals surface area (Å²) in [6, 6.07) is 7.70. The standard InChI is InChI=1S/C14H16ClN3/c15-12-9-5-4-8-11(12)14-16-13(17-18-14)10-6-2-1-3-7-10/h4-5,8-10H,1-3,6-7H2,(H,16,17,18). The Labute approximate surface area is 112 Å². The SMILES string of the molecule is Clc1ccccc1-c1n[nH]c(C2CCCCC2)n1. The maximum atomic E-state index is 6.16. The minimum atomic E-state index is 0.544. The van der Waals surface area contributed by atoms with Gasteiger partial charge in [-0.1, -0.05) is 43.0 Å². The largest absolute Gasteiger partial charge is 0.262 e. The van der Waals surface area contributed by atoms with Crippen LogP contribution in [0.25, 0.3) is 11.4 Å². The van der Waals surface area contributed by atoms with E-state index in [1.54, 1.807) is 0 Å². The third kappa shape index (κ3) is 2.27. The molecule has 1 heterocycles. The van der Waals surface area contributed by atoms with Gasteiger partial charge in [0, 0.05) is 11.5 Å². The predicted molar refractivity (Wildman–Crippen MR) is 72.7 cm³/mol. The van der Waals surface area contributed by atoms with Crippen LogP contribution in [-0.2, 0) is 0 Å². The van der Waals surface area contributed by atoms with Crippen LogP contribution in [0.2, 0.25) is 5.02 Å². The molecule has 0 amide bonds. The maximum absolute atomic E-state index is 6.16. The molecule has 1 aromatic heterocycles. The number of hydrogen-bond donors (Lipinski definition) is 1. The second-order valence-electron chi connectivity index (χ2n) is 4.86. The van der Waals surface area contributed by atoms with Gasteiger partial charge in [-0.25, -0.2) is 4.98 Å². The Kier molecular flexibility index (Phi) is 3.33. The first-order valence-electron chi connectivity index (χ1n) is 6.52. The van der Waals surface area contributed by atoms with Crippen LogP contribution in [-0.4, -0.2) is 15.2 Å². The van der Waals surface area contributed by atoms with Crippen LogP contribution in [0.1, 0.15) is 43.8 Å². The molecule has 1 aliphatic rings. The first-order valence-corrected chi connectivity index (χ1v) is 6.89. The Bertz CT molecular complexity index is 529. The number of aromatic nitrogens is 3. The number of H-pyrrole nitrogens is 1. The molecule has 3 nitrogen and oxygen atoms in total. The van der Waals surface area contributed by atoms with Crippen molar-refractivity contribution in [3.8, 4) is 11.4 Å². The Morgan fingerprint density at radius 1 is 1.11 bits per heavy atom. The molecule has 1 N–H and O–H groups in total. The summed E-state index contributed by atoms with van der Waals surface area (Å²) in [5.41, 5.74) is 0.900. The molecule has 0 radical (unpaired) electrons. The van der Waals surface area contributed by atoms with E-state index >= 15 is 0 Å². The topological polar surface area (TPSA) is 41.6 Å². The fourth-order valence-electron chi connectivity index (χ4n) is 2.60. The molecule has 4 heteroatoms. The molecule has 0 unspecified atom stereocenters. The van der Waals surface area contributed by atoms with Crippen molar-refractivity contribution in [3.63, 3.8) is 0 Å². The van der Waals surface area contributed by atoms with Crippen molar-refractivity contribution in [2.45, 2.75) is 38.0 Å². The molecule has 0 spiro atoms. The maximum Gasteiger partial charge on any atom is 0.182 e. The third-order valence-electron chi connectivity index (χ3n) is 3.61. The molecular weight excluding hydrogens is 246 g/mol. The van der Waals surface area contributed by atoms with Crippen molar-refractivity contribution in [1.82, 2.24) is 15.2 Å².